The number of carbonyl (C=O) groups is 2. The predicted molar refractivity (Wildman–Crippen MR) is 147 cm³/mol. The zero-order valence-corrected chi connectivity index (χ0v) is 22.0. The zero-order valence-electron chi connectivity index (χ0n) is 22.0. The van der Waals surface area contributed by atoms with E-state index in [0.717, 1.165) is 42.0 Å². The molecule has 1 heterocycles. The summed E-state index contributed by atoms with van der Waals surface area (Å²) in [5.74, 6) is -1.25. The number of nitrogens with zero attached hydrogens (tertiary/aromatic N) is 2. The first-order valence-corrected chi connectivity index (χ1v) is 12.5. The molecule has 1 aliphatic heterocycles. The van der Waals surface area contributed by atoms with Crippen molar-refractivity contribution < 1.29 is 23.8 Å². The highest BCUT2D eigenvalue weighted by Crippen LogP contribution is 2.37. The van der Waals surface area contributed by atoms with Crippen LogP contribution >= 0.6 is 0 Å². The number of aliphatic imine (C=N–C) groups is 1. The summed E-state index contributed by atoms with van der Waals surface area (Å²) in [6.07, 6.45) is 0. The Morgan fingerprint density at radius 3 is 2.21 bits per heavy atom. The maximum atomic E-state index is 13.2. The van der Waals surface area contributed by atoms with Crippen molar-refractivity contribution in [3.05, 3.63) is 95.1 Å². The van der Waals surface area contributed by atoms with Gasteiger partial charge in [-0.15, -0.1) is 0 Å². The second-order valence-corrected chi connectivity index (χ2v) is 9.01. The number of benzene rings is 3. The van der Waals surface area contributed by atoms with Gasteiger partial charge >= 0.3 is 5.97 Å². The molecule has 1 N–H and O–H groups in total. The van der Waals surface area contributed by atoms with Crippen LogP contribution in [0.2, 0.25) is 0 Å². The number of nitrogens with one attached hydrogen (secondary N) is 1. The quantitative estimate of drug-likeness (QED) is 0.284. The van der Waals surface area contributed by atoms with Crippen LogP contribution in [0.15, 0.2) is 77.8 Å². The fraction of sp³-hybridized carbons (Fsp3) is 0.300. The summed E-state index contributed by atoms with van der Waals surface area (Å²) in [7, 11) is 4.73. The Kier molecular flexibility index (Phi) is 9.37. The molecule has 4 rings (SSSR count). The van der Waals surface area contributed by atoms with Gasteiger partial charge in [0.05, 0.1) is 37.3 Å². The molecule has 3 aromatic carbocycles. The zero-order chi connectivity index (χ0) is 26.9. The van der Waals surface area contributed by atoms with Crippen LogP contribution in [0.25, 0.3) is 0 Å². The van der Waals surface area contributed by atoms with E-state index in [0.29, 0.717) is 30.2 Å². The molecule has 0 aliphatic carbocycles. The van der Waals surface area contributed by atoms with Crippen LogP contribution in [0.1, 0.15) is 33.0 Å². The lowest BCUT2D eigenvalue weighted by Crippen LogP contribution is -2.30. The monoisotopic (exact) mass is 515 g/mol. The minimum Gasteiger partial charge on any atom is -0.465 e. The Bertz CT molecular complexity index is 1270. The van der Waals surface area contributed by atoms with E-state index in [9.17, 15) is 9.59 Å². The van der Waals surface area contributed by atoms with Crippen molar-refractivity contribution in [2.45, 2.75) is 12.5 Å². The average Bonchev–Trinajstić information content (AvgIpc) is 3.28. The minimum absolute atomic E-state index is 0.187. The fourth-order valence-electron chi connectivity index (χ4n) is 4.47. The molecule has 0 spiro atoms. The average molecular weight is 516 g/mol. The molecule has 0 bridgehead atoms. The number of fused-ring (bicyclic) bond motifs is 1. The largest absolute Gasteiger partial charge is 0.465 e. The number of carbonyl (C=O) groups excluding carboxylic acids is 2. The summed E-state index contributed by atoms with van der Waals surface area (Å²) in [4.78, 5) is 32.4. The molecule has 3 aromatic rings. The van der Waals surface area contributed by atoms with Gasteiger partial charge < -0.3 is 19.5 Å². The van der Waals surface area contributed by atoms with E-state index >= 15 is 0 Å². The molecule has 8 nitrogen and oxygen atoms in total. The van der Waals surface area contributed by atoms with Crippen molar-refractivity contribution >= 4 is 29.0 Å². The number of amides is 1. The van der Waals surface area contributed by atoms with Crippen molar-refractivity contribution in [3.63, 3.8) is 0 Å². The van der Waals surface area contributed by atoms with E-state index in [-0.39, 0.29) is 5.91 Å². The maximum absolute atomic E-state index is 13.2. The van der Waals surface area contributed by atoms with Gasteiger partial charge in [0.15, 0.2) is 0 Å². The van der Waals surface area contributed by atoms with Crippen LogP contribution < -0.4 is 5.32 Å². The number of methoxy groups -OCH3 is 3. The first kappa shape index (κ1) is 27.2. The van der Waals surface area contributed by atoms with Gasteiger partial charge in [0.1, 0.15) is 5.92 Å². The molecule has 0 radical (unpaired) electrons. The number of hydrogen-bond acceptors (Lipinski definition) is 7. The summed E-state index contributed by atoms with van der Waals surface area (Å²) in [6.45, 7) is 3.69. The Balaban J connectivity index is 1.64. The molecule has 38 heavy (non-hydrogen) atoms. The summed E-state index contributed by atoms with van der Waals surface area (Å²) < 4.78 is 15.3. The van der Waals surface area contributed by atoms with E-state index in [1.165, 1.54) is 7.11 Å². The predicted octanol–water partition coefficient (Wildman–Crippen LogP) is 4.42. The third kappa shape index (κ3) is 6.52. The van der Waals surface area contributed by atoms with Gasteiger partial charge in [0.25, 0.3) is 0 Å². The van der Waals surface area contributed by atoms with E-state index in [2.05, 4.69) is 22.3 Å². The van der Waals surface area contributed by atoms with E-state index in [1.807, 2.05) is 42.5 Å². The van der Waals surface area contributed by atoms with Gasteiger partial charge in [-0.25, -0.2) is 4.79 Å². The first-order chi connectivity index (χ1) is 18.5. The Labute approximate surface area is 223 Å². The van der Waals surface area contributed by atoms with Gasteiger partial charge in [-0.1, -0.05) is 48.5 Å². The summed E-state index contributed by atoms with van der Waals surface area (Å²) >= 11 is 0. The van der Waals surface area contributed by atoms with Crippen LogP contribution in [0, 0.1) is 0 Å². The molecular formula is C30H33N3O5. The second-order valence-electron chi connectivity index (χ2n) is 9.01. The Morgan fingerprint density at radius 2 is 1.58 bits per heavy atom. The van der Waals surface area contributed by atoms with Crippen molar-refractivity contribution in [1.82, 2.24) is 4.90 Å². The SMILES string of the molecule is COCCN(CCOC)Cc1ccc(N=C(c2ccccc2)C2C(=O)Nc3cc(C(=O)OC)ccc32)cc1. The first-order valence-electron chi connectivity index (χ1n) is 12.5. The molecule has 1 amide bonds. The highest BCUT2D eigenvalue weighted by molar-refractivity contribution is 6.24. The van der Waals surface area contributed by atoms with Gasteiger partial charge in [-0.3, -0.25) is 14.7 Å². The van der Waals surface area contributed by atoms with Gasteiger partial charge in [-0.2, -0.15) is 0 Å². The van der Waals surface area contributed by atoms with Gasteiger partial charge in [0, 0.05) is 39.5 Å². The van der Waals surface area contributed by atoms with Crippen LogP contribution in [0.4, 0.5) is 11.4 Å². The Hall–Kier alpha value is -3.85. The number of ether oxygens (including phenoxy) is 3. The van der Waals surface area contributed by atoms with Crippen LogP contribution in [-0.2, 0) is 25.5 Å². The van der Waals surface area contributed by atoms with Crippen molar-refractivity contribution in [1.29, 1.82) is 0 Å². The second kappa shape index (κ2) is 13.1. The number of esters is 1. The van der Waals surface area contributed by atoms with Gasteiger partial charge in [0.2, 0.25) is 5.91 Å². The molecule has 1 atom stereocenters. The Morgan fingerprint density at radius 1 is 0.895 bits per heavy atom. The molecule has 198 valence electrons. The van der Waals surface area contributed by atoms with Crippen molar-refractivity contribution in [2.24, 2.45) is 4.99 Å². The molecule has 8 heteroatoms. The van der Waals surface area contributed by atoms with E-state index in [1.54, 1.807) is 32.4 Å². The molecule has 1 unspecified atom stereocenters. The lowest BCUT2D eigenvalue weighted by atomic mass is 9.90. The third-order valence-corrected chi connectivity index (χ3v) is 6.46. The number of rotatable bonds is 12. The standard InChI is InChI=1S/C30H33N3O5/c1-36-17-15-33(16-18-37-2)20-21-9-12-24(13-10-21)31-28(22-7-5-4-6-8-22)27-25-14-11-23(30(35)38-3)19-26(25)32-29(27)34/h4-14,19,27H,15-18,20H2,1-3H3,(H,32,34). The minimum atomic E-state index is -0.614. The van der Waals surface area contributed by atoms with Crippen LogP contribution in [0.3, 0.4) is 0 Å². The smallest absolute Gasteiger partial charge is 0.337 e. The lowest BCUT2D eigenvalue weighted by Gasteiger charge is -2.21. The van der Waals surface area contributed by atoms with Crippen LogP contribution in [0.5, 0.6) is 0 Å². The molecule has 0 saturated heterocycles. The highest BCUT2D eigenvalue weighted by Gasteiger charge is 2.36. The van der Waals surface area contributed by atoms with Gasteiger partial charge in [-0.05, 0) is 41.0 Å². The molecule has 0 aromatic heterocycles. The highest BCUT2D eigenvalue weighted by atomic mass is 16.5. The third-order valence-electron chi connectivity index (χ3n) is 6.46. The summed E-state index contributed by atoms with van der Waals surface area (Å²) in [5.41, 5.74) is 5.14. The summed E-state index contributed by atoms with van der Waals surface area (Å²) in [5, 5.41) is 2.91. The summed E-state index contributed by atoms with van der Waals surface area (Å²) in [6, 6.07) is 22.8. The topological polar surface area (TPSA) is 89.5 Å². The lowest BCUT2D eigenvalue weighted by molar-refractivity contribution is -0.115. The number of anilines is 1. The van der Waals surface area contributed by atoms with E-state index < -0.39 is 11.9 Å². The molecular weight excluding hydrogens is 482 g/mol. The molecule has 1 aliphatic rings. The van der Waals surface area contributed by atoms with Crippen molar-refractivity contribution in [2.75, 3.05) is 52.9 Å². The fourth-order valence-corrected chi connectivity index (χ4v) is 4.47. The normalized spacial score (nSPS) is 14.9. The molecule has 0 fully saturated rings. The van der Waals surface area contributed by atoms with E-state index in [4.69, 9.17) is 19.2 Å². The molecule has 0 saturated carbocycles. The number of hydrogen-bond donors (Lipinski definition) is 1. The van der Waals surface area contributed by atoms with Crippen molar-refractivity contribution in [3.8, 4) is 0 Å². The van der Waals surface area contributed by atoms with Crippen LogP contribution in [-0.4, -0.2) is 70.1 Å². The maximum Gasteiger partial charge on any atom is 0.337 e.